The van der Waals surface area contributed by atoms with Crippen LogP contribution in [0.3, 0.4) is 0 Å². The molecule has 0 saturated heterocycles. The monoisotopic (exact) mass is 535 g/mol. The summed E-state index contributed by atoms with van der Waals surface area (Å²) in [5.41, 5.74) is 3.99. The zero-order valence-electron chi connectivity index (χ0n) is 21.8. The number of benzene rings is 2. The molecule has 9 nitrogen and oxygen atoms in total. The van der Waals surface area contributed by atoms with E-state index in [0.29, 0.717) is 46.2 Å². The van der Waals surface area contributed by atoms with Crippen molar-refractivity contribution in [3.63, 3.8) is 0 Å². The van der Waals surface area contributed by atoms with Crippen LogP contribution >= 0.6 is 0 Å². The number of hydrogen-bond acceptors (Lipinski definition) is 7. The summed E-state index contributed by atoms with van der Waals surface area (Å²) >= 11 is 0. The molecule has 0 saturated carbocycles. The number of pyridine rings is 1. The van der Waals surface area contributed by atoms with E-state index in [0.717, 1.165) is 11.1 Å². The van der Waals surface area contributed by atoms with Gasteiger partial charge in [0.1, 0.15) is 0 Å². The molecule has 0 atom stereocenters. The number of aromatic nitrogens is 2. The highest BCUT2D eigenvalue weighted by molar-refractivity contribution is 7.90. The summed E-state index contributed by atoms with van der Waals surface area (Å²) in [6.07, 6.45) is 4.86. The zero-order valence-corrected chi connectivity index (χ0v) is 22.6. The Labute approximate surface area is 222 Å². The number of amides is 1. The second-order valence-electron chi connectivity index (χ2n) is 8.63. The van der Waals surface area contributed by atoms with E-state index in [1.54, 1.807) is 61.1 Å². The lowest BCUT2D eigenvalue weighted by Gasteiger charge is -2.16. The van der Waals surface area contributed by atoms with Gasteiger partial charge in [-0.1, -0.05) is 17.7 Å². The van der Waals surface area contributed by atoms with Gasteiger partial charge in [-0.05, 0) is 48.9 Å². The summed E-state index contributed by atoms with van der Waals surface area (Å²) in [7, 11) is 0.524. The van der Waals surface area contributed by atoms with Crippen LogP contribution in [0.25, 0.3) is 22.4 Å². The maximum absolute atomic E-state index is 13.9. The number of carbonyl (C=O) groups excluding carboxylic acids is 1. The molecule has 0 fully saturated rings. The maximum Gasteiger partial charge on any atom is 0.268 e. The molecule has 0 spiro atoms. The predicted molar refractivity (Wildman–Crippen MR) is 144 cm³/mol. The van der Waals surface area contributed by atoms with E-state index >= 15 is 0 Å². The Morgan fingerprint density at radius 3 is 2.13 bits per heavy atom. The van der Waals surface area contributed by atoms with Crippen molar-refractivity contribution in [2.75, 3.05) is 21.3 Å². The molecule has 1 N–H and O–H groups in total. The number of ether oxygens (including phenoxy) is 3. The third kappa shape index (κ3) is 5.35. The van der Waals surface area contributed by atoms with Gasteiger partial charge in [0.05, 0.1) is 31.9 Å². The average Bonchev–Trinajstić information content (AvgIpc) is 3.38. The van der Waals surface area contributed by atoms with Crippen molar-refractivity contribution in [1.82, 2.24) is 14.3 Å². The fourth-order valence-electron chi connectivity index (χ4n) is 4.03. The van der Waals surface area contributed by atoms with Crippen LogP contribution in [0.4, 0.5) is 0 Å². The first kappa shape index (κ1) is 26.7. The summed E-state index contributed by atoms with van der Waals surface area (Å²) in [6.45, 7) is 3.64. The van der Waals surface area contributed by atoms with Gasteiger partial charge in [0.2, 0.25) is 11.7 Å². The van der Waals surface area contributed by atoms with Gasteiger partial charge in [-0.25, -0.2) is 12.4 Å². The lowest BCUT2D eigenvalue weighted by molar-refractivity contribution is -0.119. The molecule has 1 amide bonds. The molecule has 0 aliphatic heterocycles. The van der Waals surface area contributed by atoms with Crippen LogP contribution in [0, 0.1) is 6.92 Å². The van der Waals surface area contributed by atoms with Gasteiger partial charge in [0.15, 0.2) is 11.5 Å². The van der Waals surface area contributed by atoms with Crippen LogP contribution < -0.4 is 19.5 Å². The molecule has 4 rings (SSSR count). The second-order valence-corrected chi connectivity index (χ2v) is 10.4. The topological polar surface area (TPSA) is 109 Å². The van der Waals surface area contributed by atoms with Gasteiger partial charge in [0.25, 0.3) is 10.0 Å². The van der Waals surface area contributed by atoms with Gasteiger partial charge in [-0.2, -0.15) is 0 Å². The Kier molecular flexibility index (Phi) is 7.72. The summed E-state index contributed by atoms with van der Waals surface area (Å²) < 4.78 is 45.5. The molecule has 0 aliphatic rings. The lowest BCUT2D eigenvalue weighted by atomic mass is 10.1. The highest BCUT2D eigenvalue weighted by Crippen LogP contribution is 2.42. The first-order chi connectivity index (χ1) is 18.2. The van der Waals surface area contributed by atoms with Crippen LogP contribution in [-0.2, 0) is 21.4 Å². The summed E-state index contributed by atoms with van der Waals surface area (Å²) in [6, 6.07) is 13.7. The van der Waals surface area contributed by atoms with Crippen molar-refractivity contribution in [2.24, 2.45) is 0 Å². The molecular formula is C28H29N3O6S. The van der Waals surface area contributed by atoms with E-state index in [9.17, 15) is 13.2 Å². The molecule has 2 heterocycles. The summed E-state index contributed by atoms with van der Waals surface area (Å²) in [5.74, 6) is 1.02. The molecular weight excluding hydrogens is 506 g/mol. The van der Waals surface area contributed by atoms with Gasteiger partial charge >= 0.3 is 0 Å². The number of methoxy groups -OCH3 is 3. The minimum atomic E-state index is -3.98. The summed E-state index contributed by atoms with van der Waals surface area (Å²) in [5, 5.41) is 2.75. The highest BCUT2D eigenvalue weighted by atomic mass is 32.2. The Balaban J connectivity index is 1.93. The molecule has 10 heteroatoms. The highest BCUT2D eigenvalue weighted by Gasteiger charge is 2.24. The normalized spacial score (nSPS) is 11.2. The maximum atomic E-state index is 13.9. The van der Waals surface area contributed by atoms with Crippen molar-refractivity contribution < 1.29 is 27.4 Å². The van der Waals surface area contributed by atoms with E-state index in [4.69, 9.17) is 14.2 Å². The van der Waals surface area contributed by atoms with Crippen molar-refractivity contribution >= 4 is 15.9 Å². The molecule has 2 aromatic carbocycles. The van der Waals surface area contributed by atoms with E-state index in [2.05, 4.69) is 10.3 Å². The van der Waals surface area contributed by atoms with Gasteiger partial charge in [0, 0.05) is 48.7 Å². The lowest BCUT2D eigenvalue weighted by Crippen LogP contribution is -2.18. The van der Waals surface area contributed by atoms with Crippen molar-refractivity contribution in [3.8, 4) is 39.6 Å². The Morgan fingerprint density at radius 2 is 1.55 bits per heavy atom. The third-order valence-electron chi connectivity index (χ3n) is 5.99. The Morgan fingerprint density at radius 1 is 0.895 bits per heavy atom. The van der Waals surface area contributed by atoms with E-state index in [1.807, 2.05) is 13.0 Å². The predicted octanol–water partition coefficient (Wildman–Crippen LogP) is 4.42. The summed E-state index contributed by atoms with van der Waals surface area (Å²) in [4.78, 5) is 15.8. The quantitative estimate of drug-likeness (QED) is 0.338. The number of hydrogen-bond donors (Lipinski definition) is 1. The van der Waals surface area contributed by atoms with Crippen molar-refractivity contribution in [2.45, 2.75) is 25.3 Å². The zero-order chi connectivity index (χ0) is 27.4. The van der Waals surface area contributed by atoms with Crippen LogP contribution in [-0.4, -0.2) is 44.6 Å². The van der Waals surface area contributed by atoms with Crippen molar-refractivity contribution in [1.29, 1.82) is 0 Å². The average molecular weight is 536 g/mol. The van der Waals surface area contributed by atoms with Crippen LogP contribution in [0.5, 0.6) is 17.2 Å². The van der Waals surface area contributed by atoms with Crippen molar-refractivity contribution in [3.05, 3.63) is 78.2 Å². The molecule has 2 aromatic heterocycles. The Hall–Kier alpha value is -4.31. The molecule has 38 heavy (non-hydrogen) atoms. The number of aryl methyl sites for hydroxylation is 1. The largest absolute Gasteiger partial charge is 0.493 e. The standard InChI is InChI=1S/C28H29N3O6S/c1-18-6-8-24(9-7-18)38(33,34)31-17-23(22-10-20(14-29-16-22)15-30-19(2)32)11-25(31)21-12-26(35-3)28(37-5)27(13-21)36-4/h6-14,16-17H,15H2,1-5H3,(H,30,32). The smallest absolute Gasteiger partial charge is 0.268 e. The number of carbonyl (C=O) groups is 1. The first-order valence-electron chi connectivity index (χ1n) is 11.7. The fraction of sp³-hybridized carbons (Fsp3) is 0.214. The second kappa shape index (κ2) is 11.0. The van der Waals surface area contributed by atoms with E-state index in [1.165, 1.54) is 32.2 Å². The molecule has 0 unspecified atom stereocenters. The van der Waals surface area contributed by atoms with E-state index < -0.39 is 10.0 Å². The molecule has 4 aromatic rings. The Bertz CT molecular complexity index is 1550. The molecule has 198 valence electrons. The number of nitrogens with one attached hydrogen (secondary N) is 1. The van der Waals surface area contributed by atoms with Gasteiger partial charge < -0.3 is 19.5 Å². The first-order valence-corrected chi connectivity index (χ1v) is 13.2. The number of rotatable bonds is 9. The van der Waals surface area contributed by atoms with Gasteiger partial charge in [-0.3, -0.25) is 9.78 Å². The third-order valence-corrected chi connectivity index (χ3v) is 7.68. The van der Waals surface area contributed by atoms with Crippen LogP contribution in [0.2, 0.25) is 0 Å². The van der Waals surface area contributed by atoms with Crippen LogP contribution in [0.1, 0.15) is 18.1 Å². The molecule has 0 aliphatic carbocycles. The minimum absolute atomic E-state index is 0.150. The minimum Gasteiger partial charge on any atom is -0.493 e. The van der Waals surface area contributed by atoms with E-state index in [-0.39, 0.29) is 10.8 Å². The fourth-order valence-corrected chi connectivity index (χ4v) is 5.41. The van der Waals surface area contributed by atoms with Crippen LogP contribution in [0.15, 0.2) is 72.0 Å². The SMILES string of the molecule is COc1cc(-c2cc(-c3cncc(CNC(C)=O)c3)cn2S(=O)(=O)c2ccc(C)cc2)cc(OC)c1OC. The number of nitrogens with zero attached hydrogens (tertiary/aromatic N) is 2. The molecule has 0 radical (unpaired) electrons. The van der Waals surface area contributed by atoms with Gasteiger partial charge in [-0.15, -0.1) is 0 Å². The molecule has 0 bridgehead atoms.